The van der Waals surface area contributed by atoms with Crippen LogP contribution in [-0.4, -0.2) is 25.1 Å². The second-order valence-electron chi connectivity index (χ2n) is 7.77. The van der Waals surface area contributed by atoms with E-state index < -0.39 is 10.1 Å². The molecule has 0 spiro atoms. The summed E-state index contributed by atoms with van der Waals surface area (Å²) in [5, 5.41) is 23.1. The SMILES string of the molecule is CNc1ccc(-c2ccc(N=Nc3ccc4ccc(S(=O)(=O)O)cc4c3O)c(C)c2)cc1C. The molecule has 3 N–H and O–H groups in total. The van der Waals surface area contributed by atoms with Gasteiger partial charge in [0, 0.05) is 18.1 Å². The predicted molar refractivity (Wildman–Crippen MR) is 131 cm³/mol. The Balaban J connectivity index is 1.66. The molecule has 168 valence electrons. The van der Waals surface area contributed by atoms with Crippen LogP contribution in [0.2, 0.25) is 0 Å². The topological polar surface area (TPSA) is 111 Å². The second kappa shape index (κ2) is 8.65. The molecule has 33 heavy (non-hydrogen) atoms. The van der Waals surface area contributed by atoms with E-state index in [0.29, 0.717) is 11.1 Å². The number of anilines is 1. The molecule has 0 unspecified atom stereocenters. The zero-order valence-electron chi connectivity index (χ0n) is 18.4. The number of phenols is 1. The number of fused-ring (bicyclic) bond motifs is 1. The Bertz CT molecular complexity index is 1510. The first-order chi connectivity index (χ1) is 15.7. The van der Waals surface area contributed by atoms with Gasteiger partial charge in [-0.15, -0.1) is 5.11 Å². The number of phenolic OH excluding ortho intramolecular Hbond substituents is 1. The van der Waals surface area contributed by atoms with Crippen molar-refractivity contribution in [1.82, 2.24) is 0 Å². The van der Waals surface area contributed by atoms with Crippen molar-refractivity contribution in [3.8, 4) is 16.9 Å². The van der Waals surface area contributed by atoms with E-state index in [2.05, 4.69) is 34.6 Å². The molecule has 0 radical (unpaired) electrons. The maximum Gasteiger partial charge on any atom is 0.294 e. The number of aromatic hydroxyl groups is 1. The van der Waals surface area contributed by atoms with Crippen molar-refractivity contribution in [2.75, 3.05) is 12.4 Å². The van der Waals surface area contributed by atoms with Crippen molar-refractivity contribution in [3.05, 3.63) is 77.9 Å². The number of aryl methyl sites for hydroxylation is 2. The number of nitrogens with zero attached hydrogens (tertiary/aromatic N) is 2. The highest BCUT2D eigenvalue weighted by Crippen LogP contribution is 2.37. The molecule has 8 heteroatoms. The van der Waals surface area contributed by atoms with Crippen LogP contribution in [0.4, 0.5) is 17.1 Å². The maximum absolute atomic E-state index is 11.4. The van der Waals surface area contributed by atoms with E-state index in [4.69, 9.17) is 0 Å². The van der Waals surface area contributed by atoms with Gasteiger partial charge in [0.25, 0.3) is 10.1 Å². The summed E-state index contributed by atoms with van der Waals surface area (Å²) in [7, 11) is -2.49. The molecule has 0 bridgehead atoms. The van der Waals surface area contributed by atoms with Gasteiger partial charge in [-0.1, -0.05) is 24.3 Å². The Morgan fingerprint density at radius 1 is 0.788 bits per heavy atom. The number of hydrogen-bond donors (Lipinski definition) is 3. The van der Waals surface area contributed by atoms with Crippen LogP contribution >= 0.6 is 0 Å². The molecule has 0 saturated carbocycles. The van der Waals surface area contributed by atoms with Gasteiger partial charge in [-0.2, -0.15) is 13.5 Å². The van der Waals surface area contributed by atoms with E-state index in [1.807, 2.05) is 38.2 Å². The van der Waals surface area contributed by atoms with E-state index in [1.54, 1.807) is 12.1 Å². The van der Waals surface area contributed by atoms with Gasteiger partial charge < -0.3 is 10.4 Å². The molecule has 0 saturated heterocycles. The van der Waals surface area contributed by atoms with E-state index in [-0.39, 0.29) is 21.7 Å². The lowest BCUT2D eigenvalue weighted by Gasteiger charge is -2.10. The number of benzene rings is 4. The van der Waals surface area contributed by atoms with Gasteiger partial charge in [-0.05, 0) is 84.0 Å². The van der Waals surface area contributed by atoms with Gasteiger partial charge in [-0.25, -0.2) is 0 Å². The number of nitrogens with one attached hydrogen (secondary N) is 1. The summed E-state index contributed by atoms with van der Waals surface area (Å²) in [6.45, 7) is 3.99. The van der Waals surface area contributed by atoms with Crippen molar-refractivity contribution in [2.45, 2.75) is 18.7 Å². The average Bonchev–Trinajstić information content (AvgIpc) is 2.78. The molecular weight excluding hydrogens is 438 g/mol. The first-order valence-corrected chi connectivity index (χ1v) is 11.7. The number of azo groups is 1. The monoisotopic (exact) mass is 461 g/mol. The summed E-state index contributed by atoms with van der Waals surface area (Å²) in [5.41, 5.74) is 6.15. The molecule has 4 aromatic carbocycles. The second-order valence-corrected chi connectivity index (χ2v) is 9.19. The van der Waals surface area contributed by atoms with Gasteiger partial charge in [-0.3, -0.25) is 4.55 Å². The fourth-order valence-electron chi connectivity index (χ4n) is 3.69. The molecule has 4 aromatic rings. The largest absolute Gasteiger partial charge is 0.505 e. The molecule has 0 aromatic heterocycles. The van der Waals surface area contributed by atoms with Gasteiger partial charge in [0.2, 0.25) is 0 Å². The quantitative estimate of drug-likeness (QED) is 0.231. The lowest BCUT2D eigenvalue weighted by Crippen LogP contribution is -1.97. The van der Waals surface area contributed by atoms with Gasteiger partial charge in [0.15, 0.2) is 5.75 Å². The molecule has 0 aliphatic rings. The first kappa shape index (κ1) is 22.4. The Hall–Kier alpha value is -3.75. The molecule has 7 nitrogen and oxygen atoms in total. The smallest absolute Gasteiger partial charge is 0.294 e. The van der Waals surface area contributed by atoms with Crippen LogP contribution in [0.5, 0.6) is 5.75 Å². The summed E-state index contributed by atoms with van der Waals surface area (Å²) in [5.74, 6) is -0.212. The average molecular weight is 462 g/mol. The van der Waals surface area contributed by atoms with Crippen molar-refractivity contribution in [1.29, 1.82) is 0 Å². The van der Waals surface area contributed by atoms with Crippen LogP contribution < -0.4 is 5.32 Å². The molecule has 4 rings (SSSR count). The molecule has 0 heterocycles. The molecule has 0 amide bonds. The predicted octanol–water partition coefficient (Wildman–Crippen LogP) is 6.53. The summed E-state index contributed by atoms with van der Waals surface area (Å²) < 4.78 is 32.1. The van der Waals surface area contributed by atoms with E-state index >= 15 is 0 Å². The standard InChI is InChI=1S/C25H23N3O4S/c1-15-12-18(6-9-22(15)26-3)19-7-10-23(16(2)13-19)27-28-24-11-5-17-4-8-20(33(30,31)32)14-21(17)25(24)29/h4-14,26,29H,1-3H3,(H,30,31,32). The van der Waals surface area contributed by atoms with Crippen molar-refractivity contribution in [3.63, 3.8) is 0 Å². The number of rotatable bonds is 5. The minimum atomic E-state index is -4.39. The van der Waals surface area contributed by atoms with Crippen LogP contribution in [0.15, 0.2) is 81.9 Å². The van der Waals surface area contributed by atoms with Crippen molar-refractivity contribution in [2.24, 2.45) is 10.2 Å². The molecule has 0 aliphatic carbocycles. The van der Waals surface area contributed by atoms with Gasteiger partial charge >= 0.3 is 0 Å². The summed E-state index contributed by atoms with van der Waals surface area (Å²) in [4.78, 5) is -0.302. The molecule has 0 aliphatic heterocycles. The Morgan fingerprint density at radius 3 is 2.03 bits per heavy atom. The van der Waals surface area contributed by atoms with Gasteiger partial charge in [0.1, 0.15) is 5.69 Å². The minimum Gasteiger partial charge on any atom is -0.505 e. The zero-order chi connectivity index (χ0) is 23.8. The summed E-state index contributed by atoms with van der Waals surface area (Å²) in [6.07, 6.45) is 0. The van der Waals surface area contributed by atoms with Crippen LogP contribution in [-0.2, 0) is 10.1 Å². The number of hydrogen-bond acceptors (Lipinski definition) is 6. The highest BCUT2D eigenvalue weighted by molar-refractivity contribution is 7.85. The Kier molecular flexibility index (Phi) is 5.88. The molecule has 0 atom stereocenters. The zero-order valence-corrected chi connectivity index (χ0v) is 19.2. The summed E-state index contributed by atoms with van der Waals surface area (Å²) in [6, 6.07) is 19.4. The molecule has 0 fully saturated rings. The third kappa shape index (κ3) is 4.57. The normalized spacial score (nSPS) is 11.9. The Morgan fingerprint density at radius 2 is 1.39 bits per heavy atom. The van der Waals surface area contributed by atoms with Crippen molar-refractivity contribution < 1.29 is 18.1 Å². The Labute approximate surface area is 192 Å². The van der Waals surface area contributed by atoms with Gasteiger partial charge in [0.05, 0.1) is 10.6 Å². The van der Waals surface area contributed by atoms with E-state index in [1.165, 1.54) is 18.2 Å². The van der Waals surface area contributed by atoms with Crippen LogP contribution in [0.1, 0.15) is 11.1 Å². The third-order valence-electron chi connectivity index (χ3n) is 5.53. The lowest BCUT2D eigenvalue weighted by molar-refractivity contribution is 0.481. The first-order valence-electron chi connectivity index (χ1n) is 10.2. The maximum atomic E-state index is 11.4. The summed E-state index contributed by atoms with van der Waals surface area (Å²) >= 11 is 0. The fraction of sp³-hybridized carbons (Fsp3) is 0.120. The highest BCUT2D eigenvalue weighted by Gasteiger charge is 2.13. The molecular formula is C25H23N3O4S. The van der Waals surface area contributed by atoms with Crippen molar-refractivity contribution >= 4 is 38.0 Å². The minimum absolute atomic E-state index is 0.191. The van der Waals surface area contributed by atoms with Crippen LogP contribution in [0, 0.1) is 13.8 Å². The van der Waals surface area contributed by atoms with Crippen LogP contribution in [0.3, 0.4) is 0 Å². The van der Waals surface area contributed by atoms with Crippen LogP contribution in [0.25, 0.3) is 21.9 Å². The van der Waals surface area contributed by atoms with E-state index in [0.717, 1.165) is 27.9 Å². The third-order valence-corrected chi connectivity index (χ3v) is 6.38. The fourth-order valence-corrected chi connectivity index (χ4v) is 4.20. The lowest BCUT2D eigenvalue weighted by atomic mass is 10.00. The highest BCUT2D eigenvalue weighted by atomic mass is 32.2. The van der Waals surface area contributed by atoms with E-state index in [9.17, 15) is 18.1 Å².